The van der Waals surface area contributed by atoms with Crippen LogP contribution in [0.3, 0.4) is 0 Å². The molecule has 2 N–H and O–H groups in total. The second kappa shape index (κ2) is 6.06. The number of fused-ring (bicyclic) bond motifs is 5. The highest BCUT2D eigenvalue weighted by Crippen LogP contribution is 2.49. The molecular weight excluding hydrogens is 322 g/mol. The maximum atomic E-state index is 12.9. The maximum absolute atomic E-state index is 12.9. The lowest BCUT2D eigenvalue weighted by Gasteiger charge is -2.36. The van der Waals surface area contributed by atoms with Crippen molar-refractivity contribution in [1.82, 2.24) is 9.80 Å². The molecule has 6 atom stereocenters. The Morgan fingerprint density at radius 2 is 1.56 bits per heavy atom. The molecule has 7 heteroatoms. The minimum atomic E-state index is -0.725. The predicted octanol–water partition coefficient (Wildman–Crippen LogP) is 0.123. The number of likely N-dealkylation sites (tertiary alicyclic amines) is 2. The Hall–Kier alpha value is -1.47. The van der Waals surface area contributed by atoms with Crippen molar-refractivity contribution in [3.8, 4) is 0 Å². The average Bonchev–Trinajstić information content (AvgIpc) is 3.28. The van der Waals surface area contributed by atoms with Crippen LogP contribution in [-0.2, 0) is 19.1 Å². The van der Waals surface area contributed by atoms with Gasteiger partial charge in [0.05, 0.1) is 24.0 Å². The number of imide groups is 1. The van der Waals surface area contributed by atoms with Crippen molar-refractivity contribution < 1.29 is 19.1 Å². The van der Waals surface area contributed by atoms with E-state index in [1.165, 1.54) is 4.90 Å². The summed E-state index contributed by atoms with van der Waals surface area (Å²) in [6.45, 7) is 4.97. The van der Waals surface area contributed by atoms with Crippen LogP contribution in [0.2, 0.25) is 0 Å². The van der Waals surface area contributed by atoms with Gasteiger partial charge in [-0.25, -0.2) is 0 Å². The highest BCUT2D eigenvalue weighted by atomic mass is 16.5. The van der Waals surface area contributed by atoms with Gasteiger partial charge in [-0.3, -0.25) is 19.3 Å². The van der Waals surface area contributed by atoms with Gasteiger partial charge in [-0.05, 0) is 45.4 Å². The summed E-state index contributed by atoms with van der Waals surface area (Å²) in [5.74, 6) is -0.864. The van der Waals surface area contributed by atoms with Crippen molar-refractivity contribution in [2.24, 2.45) is 23.5 Å². The smallest absolute Gasteiger partial charge is 0.245 e. The van der Waals surface area contributed by atoms with Crippen LogP contribution in [0.25, 0.3) is 0 Å². The molecule has 0 spiro atoms. The lowest BCUT2D eigenvalue weighted by atomic mass is 9.81. The number of carbonyl (C=O) groups excluding carboxylic acids is 3. The molecule has 4 aliphatic rings. The molecule has 7 nitrogen and oxygen atoms in total. The highest BCUT2D eigenvalue weighted by molar-refractivity contribution is 6.09. The SMILES string of the molecule is CC(N)C1CCN(C(=O)C(C)N2C(=O)C3C4CCC(O4)C3C2=O)CC1. The first-order chi connectivity index (χ1) is 11.9. The van der Waals surface area contributed by atoms with Crippen LogP contribution in [0.15, 0.2) is 0 Å². The Bertz CT molecular complexity index is 571. The monoisotopic (exact) mass is 349 g/mol. The first-order valence-corrected chi connectivity index (χ1v) is 9.47. The Balaban J connectivity index is 1.44. The summed E-state index contributed by atoms with van der Waals surface area (Å²) < 4.78 is 5.74. The van der Waals surface area contributed by atoms with Crippen molar-refractivity contribution >= 4 is 17.7 Å². The number of ether oxygens (including phenoxy) is 1. The number of piperidine rings is 1. The fraction of sp³-hybridized carbons (Fsp3) is 0.833. The lowest BCUT2D eigenvalue weighted by molar-refractivity contribution is -0.153. The third-order valence-electron chi connectivity index (χ3n) is 6.66. The fourth-order valence-corrected chi connectivity index (χ4v) is 5.14. The first-order valence-electron chi connectivity index (χ1n) is 9.47. The zero-order valence-electron chi connectivity index (χ0n) is 14.9. The number of carbonyl (C=O) groups is 3. The normalized spacial score (nSPS) is 37.6. The molecular formula is C18H27N3O4. The summed E-state index contributed by atoms with van der Waals surface area (Å²) in [5.41, 5.74) is 5.96. The standard InChI is InChI=1S/C18H27N3O4/c1-9(19)11-5-7-20(8-6-11)16(22)10(2)21-17(23)14-12-3-4-13(25-12)15(14)18(21)24/h9-15H,3-8,19H2,1-2H3. The second-order valence-electron chi connectivity index (χ2n) is 8.09. The molecule has 25 heavy (non-hydrogen) atoms. The predicted molar refractivity (Wildman–Crippen MR) is 89.1 cm³/mol. The fourth-order valence-electron chi connectivity index (χ4n) is 5.14. The molecule has 0 aromatic heterocycles. The van der Waals surface area contributed by atoms with Crippen molar-refractivity contribution in [2.75, 3.05) is 13.1 Å². The van der Waals surface area contributed by atoms with E-state index in [0.717, 1.165) is 25.7 Å². The van der Waals surface area contributed by atoms with E-state index in [-0.39, 0.29) is 47.8 Å². The molecule has 4 saturated heterocycles. The minimum absolute atomic E-state index is 0.127. The summed E-state index contributed by atoms with van der Waals surface area (Å²) in [5, 5.41) is 0. The number of hydrogen-bond acceptors (Lipinski definition) is 5. The number of nitrogens with two attached hydrogens (primary N) is 1. The van der Waals surface area contributed by atoms with Crippen LogP contribution < -0.4 is 5.73 Å². The molecule has 6 unspecified atom stereocenters. The van der Waals surface area contributed by atoms with E-state index in [1.54, 1.807) is 11.8 Å². The van der Waals surface area contributed by atoms with E-state index in [2.05, 4.69) is 0 Å². The summed E-state index contributed by atoms with van der Waals surface area (Å²) in [4.78, 5) is 41.5. The molecule has 0 saturated carbocycles. The van der Waals surface area contributed by atoms with Crippen molar-refractivity contribution in [3.05, 3.63) is 0 Å². The van der Waals surface area contributed by atoms with Crippen LogP contribution >= 0.6 is 0 Å². The van der Waals surface area contributed by atoms with Crippen LogP contribution in [0, 0.1) is 17.8 Å². The topological polar surface area (TPSA) is 92.9 Å². The zero-order valence-corrected chi connectivity index (χ0v) is 14.9. The van der Waals surface area contributed by atoms with Gasteiger partial charge in [0.2, 0.25) is 17.7 Å². The van der Waals surface area contributed by atoms with Gasteiger partial charge in [0.1, 0.15) is 6.04 Å². The van der Waals surface area contributed by atoms with E-state index in [1.807, 2.05) is 6.92 Å². The van der Waals surface area contributed by atoms with Gasteiger partial charge in [0, 0.05) is 19.1 Å². The third kappa shape index (κ3) is 2.51. The van der Waals surface area contributed by atoms with E-state index < -0.39 is 6.04 Å². The molecule has 3 amide bonds. The maximum Gasteiger partial charge on any atom is 0.245 e. The van der Waals surface area contributed by atoms with Gasteiger partial charge < -0.3 is 15.4 Å². The van der Waals surface area contributed by atoms with Gasteiger partial charge in [0.15, 0.2) is 0 Å². The van der Waals surface area contributed by atoms with Crippen LogP contribution in [0.1, 0.15) is 39.5 Å². The molecule has 138 valence electrons. The van der Waals surface area contributed by atoms with E-state index >= 15 is 0 Å². The number of amides is 3. The quantitative estimate of drug-likeness (QED) is 0.731. The van der Waals surface area contributed by atoms with E-state index in [9.17, 15) is 14.4 Å². The van der Waals surface area contributed by atoms with Crippen LogP contribution in [0.4, 0.5) is 0 Å². The molecule has 0 aromatic rings. The van der Waals surface area contributed by atoms with E-state index in [0.29, 0.717) is 19.0 Å². The summed E-state index contributed by atoms with van der Waals surface area (Å²) in [7, 11) is 0. The Labute approximate surface area is 147 Å². The third-order valence-corrected chi connectivity index (χ3v) is 6.66. The number of hydrogen-bond donors (Lipinski definition) is 1. The van der Waals surface area contributed by atoms with Gasteiger partial charge in [-0.2, -0.15) is 0 Å². The van der Waals surface area contributed by atoms with Crippen molar-refractivity contribution in [1.29, 1.82) is 0 Å². The molecule has 0 aliphatic carbocycles. The van der Waals surface area contributed by atoms with Gasteiger partial charge >= 0.3 is 0 Å². The summed E-state index contributed by atoms with van der Waals surface area (Å²) >= 11 is 0. The molecule has 0 radical (unpaired) electrons. The van der Waals surface area contributed by atoms with Crippen molar-refractivity contribution in [3.63, 3.8) is 0 Å². The Morgan fingerprint density at radius 3 is 2.04 bits per heavy atom. The van der Waals surface area contributed by atoms with Gasteiger partial charge in [-0.1, -0.05) is 0 Å². The van der Waals surface area contributed by atoms with Gasteiger partial charge in [-0.15, -0.1) is 0 Å². The summed E-state index contributed by atoms with van der Waals surface area (Å²) in [6, 6.07) is -0.594. The van der Waals surface area contributed by atoms with Crippen LogP contribution in [0.5, 0.6) is 0 Å². The molecule has 2 bridgehead atoms. The number of rotatable bonds is 3. The van der Waals surface area contributed by atoms with Crippen LogP contribution in [-0.4, -0.2) is 64.9 Å². The second-order valence-corrected chi connectivity index (χ2v) is 8.09. The average molecular weight is 349 g/mol. The van der Waals surface area contributed by atoms with Gasteiger partial charge in [0.25, 0.3) is 0 Å². The molecule has 4 fully saturated rings. The minimum Gasteiger partial charge on any atom is -0.373 e. The first kappa shape index (κ1) is 17.0. The van der Waals surface area contributed by atoms with E-state index in [4.69, 9.17) is 10.5 Å². The molecule has 0 aromatic carbocycles. The summed E-state index contributed by atoms with van der Waals surface area (Å²) in [6.07, 6.45) is 3.15. The highest BCUT2D eigenvalue weighted by Gasteiger charge is 2.63. The number of nitrogens with zero attached hydrogens (tertiary/aromatic N) is 2. The largest absolute Gasteiger partial charge is 0.373 e. The lowest BCUT2D eigenvalue weighted by Crippen LogP contribution is -2.53. The van der Waals surface area contributed by atoms with Crippen molar-refractivity contribution in [2.45, 2.75) is 63.8 Å². The molecule has 4 heterocycles. The Morgan fingerprint density at radius 1 is 1.04 bits per heavy atom. The molecule has 4 rings (SSSR count). The molecule has 4 aliphatic heterocycles. The Kier molecular flexibility index (Phi) is 4.11. The zero-order chi connectivity index (χ0) is 17.9.